The molecule has 21 heavy (non-hydrogen) atoms. The molecule has 0 aliphatic carbocycles. The minimum Gasteiger partial charge on any atom is -0.481 e. The van der Waals surface area contributed by atoms with Crippen LogP contribution < -0.4 is 5.32 Å². The number of hydrogen-bond acceptors (Lipinski definition) is 3. The Bertz CT molecular complexity index is 567. The summed E-state index contributed by atoms with van der Waals surface area (Å²) in [4.78, 5) is 24.6. The maximum atomic E-state index is 14.1. The number of halogens is 2. The van der Waals surface area contributed by atoms with Crippen LogP contribution in [0.3, 0.4) is 0 Å². The number of carbonyl (C=O) groups excluding carboxylic acids is 1. The fourth-order valence-electron chi connectivity index (χ4n) is 2.59. The second-order valence-electron chi connectivity index (χ2n) is 4.98. The van der Waals surface area contributed by atoms with Crippen molar-refractivity contribution in [1.29, 1.82) is 0 Å². The number of carbonyl (C=O) groups is 2. The van der Waals surface area contributed by atoms with Crippen LogP contribution in [0.25, 0.3) is 0 Å². The molecule has 0 aromatic heterocycles. The minimum atomic E-state index is -1.05. The van der Waals surface area contributed by atoms with Crippen LogP contribution in [0.2, 0.25) is 0 Å². The molecule has 7 heteroatoms. The average molecular weight is 359 g/mol. The zero-order valence-electron chi connectivity index (χ0n) is 11.5. The van der Waals surface area contributed by atoms with E-state index in [4.69, 9.17) is 5.11 Å². The van der Waals surface area contributed by atoms with E-state index in [1.165, 1.54) is 6.07 Å². The number of nitrogens with zero attached hydrogens (tertiary/aromatic N) is 1. The third kappa shape index (κ3) is 3.59. The van der Waals surface area contributed by atoms with Gasteiger partial charge in [0, 0.05) is 29.2 Å². The fourth-order valence-corrected chi connectivity index (χ4v) is 2.92. The highest BCUT2D eigenvalue weighted by Crippen LogP contribution is 2.28. The van der Waals surface area contributed by atoms with Crippen molar-refractivity contribution >= 4 is 27.8 Å². The van der Waals surface area contributed by atoms with E-state index >= 15 is 0 Å². The lowest BCUT2D eigenvalue weighted by Gasteiger charge is -2.38. The summed E-state index contributed by atoms with van der Waals surface area (Å²) in [6, 6.07) is 3.57. The lowest BCUT2D eigenvalue weighted by molar-refractivity contribution is -0.143. The van der Waals surface area contributed by atoms with Crippen LogP contribution in [0, 0.1) is 5.82 Å². The highest BCUT2D eigenvalue weighted by Gasteiger charge is 2.35. The van der Waals surface area contributed by atoms with E-state index in [2.05, 4.69) is 21.2 Å². The average Bonchev–Trinajstić information content (AvgIpc) is 2.40. The van der Waals surface area contributed by atoms with Gasteiger partial charge in [-0.15, -0.1) is 0 Å². The molecule has 2 atom stereocenters. The minimum absolute atomic E-state index is 0.297. The molecule has 2 rings (SSSR count). The highest BCUT2D eigenvalue weighted by atomic mass is 79.9. The van der Waals surface area contributed by atoms with Gasteiger partial charge in [-0.3, -0.25) is 14.5 Å². The molecule has 0 bridgehead atoms. The van der Waals surface area contributed by atoms with Crippen LogP contribution >= 0.6 is 15.9 Å². The molecule has 1 saturated heterocycles. The van der Waals surface area contributed by atoms with Gasteiger partial charge >= 0.3 is 5.97 Å². The Morgan fingerprint density at radius 1 is 1.62 bits per heavy atom. The zero-order chi connectivity index (χ0) is 15.6. The molecule has 1 amide bonds. The Balaban J connectivity index is 2.27. The van der Waals surface area contributed by atoms with Gasteiger partial charge in [-0.1, -0.05) is 22.0 Å². The van der Waals surface area contributed by atoms with Crippen molar-refractivity contribution in [2.75, 3.05) is 13.1 Å². The van der Waals surface area contributed by atoms with Crippen LogP contribution in [0.1, 0.15) is 24.9 Å². The van der Waals surface area contributed by atoms with Gasteiger partial charge in [0.25, 0.3) is 0 Å². The Morgan fingerprint density at radius 2 is 2.33 bits per heavy atom. The molecule has 0 saturated carbocycles. The summed E-state index contributed by atoms with van der Waals surface area (Å²) in [5.41, 5.74) is 0.447. The van der Waals surface area contributed by atoms with Crippen LogP contribution in [-0.2, 0) is 9.59 Å². The number of carboxylic acids is 1. The van der Waals surface area contributed by atoms with Gasteiger partial charge in [-0.05, 0) is 19.1 Å². The standard InChI is InChI=1S/C14H16BrFN2O3/c1-8(10-3-2-9(15)6-11(10)16)18-5-4-17-14(21)12(18)7-13(19)20/h2-3,6,8,12H,4-5,7H2,1H3,(H,17,21)(H,19,20). The lowest BCUT2D eigenvalue weighted by Crippen LogP contribution is -2.56. The summed E-state index contributed by atoms with van der Waals surface area (Å²) in [5, 5.41) is 11.6. The molecular weight excluding hydrogens is 343 g/mol. The Kier molecular flexibility index (Phi) is 4.95. The quantitative estimate of drug-likeness (QED) is 0.862. The molecule has 0 radical (unpaired) electrons. The lowest BCUT2D eigenvalue weighted by atomic mass is 10.0. The number of piperazine rings is 1. The number of carboxylic acid groups (broad SMARTS) is 1. The zero-order valence-corrected chi connectivity index (χ0v) is 13.1. The van der Waals surface area contributed by atoms with Gasteiger partial charge in [0.15, 0.2) is 0 Å². The number of amides is 1. The monoisotopic (exact) mass is 358 g/mol. The molecule has 114 valence electrons. The normalized spacial score (nSPS) is 20.9. The summed E-state index contributed by atoms with van der Waals surface area (Å²) >= 11 is 3.20. The van der Waals surface area contributed by atoms with Crippen LogP contribution in [0.15, 0.2) is 22.7 Å². The van der Waals surface area contributed by atoms with Gasteiger partial charge in [0.05, 0.1) is 6.42 Å². The molecule has 2 unspecified atom stereocenters. The van der Waals surface area contributed by atoms with E-state index < -0.39 is 12.0 Å². The summed E-state index contributed by atoms with van der Waals surface area (Å²) in [7, 11) is 0. The molecule has 1 aliphatic heterocycles. The van der Waals surface area contributed by atoms with Crippen LogP contribution in [0.4, 0.5) is 4.39 Å². The molecule has 1 fully saturated rings. The van der Waals surface area contributed by atoms with Gasteiger partial charge in [0.1, 0.15) is 11.9 Å². The molecule has 1 heterocycles. The smallest absolute Gasteiger partial charge is 0.305 e. The van der Waals surface area contributed by atoms with Crippen molar-refractivity contribution in [3.63, 3.8) is 0 Å². The Hall–Kier alpha value is -1.47. The van der Waals surface area contributed by atoms with E-state index in [0.717, 1.165) is 0 Å². The van der Waals surface area contributed by atoms with E-state index in [-0.39, 0.29) is 24.2 Å². The SMILES string of the molecule is CC(c1ccc(Br)cc1F)N1CCNC(=O)C1CC(=O)O. The molecule has 1 aromatic carbocycles. The van der Waals surface area contributed by atoms with Gasteiger partial charge in [-0.25, -0.2) is 4.39 Å². The topological polar surface area (TPSA) is 69.6 Å². The Morgan fingerprint density at radius 3 is 2.95 bits per heavy atom. The summed E-state index contributed by atoms with van der Waals surface area (Å²) in [6.07, 6.45) is -0.297. The maximum absolute atomic E-state index is 14.1. The first-order chi connectivity index (χ1) is 9.90. The van der Waals surface area contributed by atoms with Gasteiger partial charge in [0.2, 0.25) is 5.91 Å². The number of rotatable bonds is 4. The van der Waals surface area contributed by atoms with E-state index in [1.807, 2.05) is 0 Å². The number of hydrogen-bond donors (Lipinski definition) is 2. The second-order valence-corrected chi connectivity index (χ2v) is 5.90. The predicted octanol–water partition coefficient (Wildman–Crippen LogP) is 1.92. The van der Waals surface area contributed by atoms with Crippen LogP contribution in [0.5, 0.6) is 0 Å². The maximum Gasteiger partial charge on any atom is 0.305 e. The van der Waals surface area contributed by atoms with Crippen molar-refractivity contribution < 1.29 is 19.1 Å². The third-order valence-corrected chi connectivity index (χ3v) is 4.14. The van der Waals surface area contributed by atoms with Crippen molar-refractivity contribution in [1.82, 2.24) is 10.2 Å². The molecule has 1 aromatic rings. The van der Waals surface area contributed by atoms with Crippen molar-refractivity contribution in [2.45, 2.75) is 25.4 Å². The fraction of sp³-hybridized carbons (Fsp3) is 0.429. The number of aliphatic carboxylic acids is 1. The largest absolute Gasteiger partial charge is 0.481 e. The van der Waals surface area contributed by atoms with Crippen molar-refractivity contribution in [2.24, 2.45) is 0 Å². The predicted molar refractivity (Wildman–Crippen MR) is 78.3 cm³/mol. The summed E-state index contributed by atoms with van der Waals surface area (Å²) in [5.74, 6) is -1.75. The first kappa shape index (κ1) is 15.9. The highest BCUT2D eigenvalue weighted by molar-refractivity contribution is 9.10. The van der Waals surface area contributed by atoms with E-state index in [0.29, 0.717) is 23.1 Å². The Labute approximate surface area is 130 Å². The number of nitrogens with one attached hydrogen (secondary N) is 1. The molecular formula is C14H16BrFN2O3. The molecule has 0 spiro atoms. The molecule has 2 N–H and O–H groups in total. The van der Waals surface area contributed by atoms with Crippen molar-refractivity contribution in [3.8, 4) is 0 Å². The molecule has 1 aliphatic rings. The number of benzene rings is 1. The van der Waals surface area contributed by atoms with E-state index in [9.17, 15) is 14.0 Å². The van der Waals surface area contributed by atoms with Gasteiger partial charge in [-0.2, -0.15) is 0 Å². The van der Waals surface area contributed by atoms with Gasteiger partial charge < -0.3 is 10.4 Å². The molecule has 5 nitrogen and oxygen atoms in total. The van der Waals surface area contributed by atoms with Crippen molar-refractivity contribution in [3.05, 3.63) is 34.1 Å². The second kappa shape index (κ2) is 6.53. The van der Waals surface area contributed by atoms with Crippen LogP contribution in [-0.4, -0.2) is 41.0 Å². The first-order valence-corrected chi connectivity index (χ1v) is 7.39. The summed E-state index contributed by atoms with van der Waals surface area (Å²) in [6.45, 7) is 2.69. The van der Waals surface area contributed by atoms with E-state index in [1.54, 1.807) is 24.0 Å². The third-order valence-electron chi connectivity index (χ3n) is 3.65. The first-order valence-electron chi connectivity index (χ1n) is 6.60. The summed E-state index contributed by atoms with van der Waals surface area (Å²) < 4.78 is 14.7.